The summed E-state index contributed by atoms with van der Waals surface area (Å²) in [7, 11) is -4.01. The van der Waals surface area contributed by atoms with Crippen molar-refractivity contribution in [2.45, 2.75) is 18.4 Å². The molecule has 4 aromatic rings. The second-order valence-electron chi connectivity index (χ2n) is 8.62. The molecule has 3 aromatic carbocycles. The standard InChI is InChI=1S/C29H28N4O6S/c1-22-8-5-6-12-27(22)33(40(36,37)26-10-3-2-4-11-26)20-28(34)32-31-18-23-13-15-24(16-14-23)39-21-29(35)30-19-25-9-7-17-38-25/h2-18H,19-21H2,1H3,(H,30,35)(H,32,34)/b31-18-. The second-order valence-corrected chi connectivity index (χ2v) is 10.5. The summed E-state index contributed by atoms with van der Waals surface area (Å²) in [5.41, 5.74) is 4.15. The summed E-state index contributed by atoms with van der Waals surface area (Å²) in [6, 6.07) is 25.1. The fourth-order valence-electron chi connectivity index (χ4n) is 3.66. The van der Waals surface area contributed by atoms with Gasteiger partial charge in [-0.2, -0.15) is 5.10 Å². The largest absolute Gasteiger partial charge is 0.484 e. The lowest BCUT2D eigenvalue weighted by Gasteiger charge is -2.25. The van der Waals surface area contributed by atoms with E-state index in [0.717, 1.165) is 4.31 Å². The van der Waals surface area contributed by atoms with Crippen LogP contribution >= 0.6 is 0 Å². The number of aryl methyl sites for hydroxylation is 1. The van der Waals surface area contributed by atoms with Crippen molar-refractivity contribution in [2.75, 3.05) is 17.5 Å². The van der Waals surface area contributed by atoms with Gasteiger partial charge in [-0.1, -0.05) is 36.4 Å². The number of hydrogen-bond acceptors (Lipinski definition) is 7. The Hall–Kier alpha value is -4.90. The van der Waals surface area contributed by atoms with Gasteiger partial charge >= 0.3 is 0 Å². The molecule has 0 aliphatic heterocycles. The van der Waals surface area contributed by atoms with Crippen LogP contribution < -0.4 is 19.8 Å². The molecule has 0 radical (unpaired) electrons. The number of carbonyl (C=O) groups excluding carboxylic acids is 2. The molecule has 11 heteroatoms. The summed E-state index contributed by atoms with van der Waals surface area (Å²) < 4.78 is 38.5. The van der Waals surface area contributed by atoms with Crippen LogP contribution in [0.15, 0.2) is 112 Å². The molecule has 1 aromatic heterocycles. The molecule has 4 rings (SSSR count). The fraction of sp³-hybridized carbons (Fsp3) is 0.138. The summed E-state index contributed by atoms with van der Waals surface area (Å²) in [6.45, 7) is 1.43. The van der Waals surface area contributed by atoms with Crippen LogP contribution in [-0.2, 0) is 26.2 Å². The van der Waals surface area contributed by atoms with Crippen LogP contribution in [0.5, 0.6) is 5.75 Å². The molecule has 0 fully saturated rings. The number of anilines is 1. The van der Waals surface area contributed by atoms with Crippen molar-refractivity contribution in [1.29, 1.82) is 0 Å². The van der Waals surface area contributed by atoms with Gasteiger partial charge in [0.15, 0.2) is 6.61 Å². The minimum absolute atomic E-state index is 0.0758. The Kier molecular flexibility index (Phi) is 9.31. The molecule has 206 valence electrons. The third-order valence-corrected chi connectivity index (χ3v) is 7.47. The normalized spacial score (nSPS) is 11.2. The minimum atomic E-state index is -4.01. The van der Waals surface area contributed by atoms with E-state index >= 15 is 0 Å². The van der Waals surface area contributed by atoms with Crippen LogP contribution in [0, 0.1) is 6.92 Å². The number of nitrogens with one attached hydrogen (secondary N) is 2. The summed E-state index contributed by atoms with van der Waals surface area (Å²) in [4.78, 5) is 24.8. The highest BCUT2D eigenvalue weighted by atomic mass is 32.2. The highest BCUT2D eigenvalue weighted by molar-refractivity contribution is 7.92. The monoisotopic (exact) mass is 560 g/mol. The Labute approximate surface area is 232 Å². The first-order chi connectivity index (χ1) is 19.3. The maximum atomic E-state index is 13.4. The lowest BCUT2D eigenvalue weighted by molar-refractivity contribution is -0.123. The van der Waals surface area contributed by atoms with Crippen molar-refractivity contribution in [3.63, 3.8) is 0 Å². The number of hydrazone groups is 1. The van der Waals surface area contributed by atoms with Crippen molar-refractivity contribution in [3.05, 3.63) is 114 Å². The van der Waals surface area contributed by atoms with E-state index in [4.69, 9.17) is 9.15 Å². The zero-order chi connectivity index (χ0) is 28.4. The van der Waals surface area contributed by atoms with Gasteiger partial charge in [-0.3, -0.25) is 13.9 Å². The number of nitrogens with zero attached hydrogens (tertiary/aromatic N) is 2. The van der Waals surface area contributed by atoms with Crippen LogP contribution in [0.25, 0.3) is 0 Å². The van der Waals surface area contributed by atoms with Gasteiger partial charge in [-0.15, -0.1) is 0 Å². The third-order valence-electron chi connectivity index (χ3n) is 5.70. The molecule has 0 unspecified atom stereocenters. The van der Waals surface area contributed by atoms with Crippen LogP contribution in [-0.4, -0.2) is 39.6 Å². The quantitative estimate of drug-likeness (QED) is 0.201. The molecule has 0 saturated carbocycles. The predicted octanol–water partition coefficient (Wildman–Crippen LogP) is 3.63. The molecule has 0 atom stereocenters. The first-order valence-corrected chi connectivity index (χ1v) is 13.7. The van der Waals surface area contributed by atoms with Crippen molar-refractivity contribution >= 4 is 33.7 Å². The van der Waals surface area contributed by atoms with Crippen molar-refractivity contribution in [3.8, 4) is 5.75 Å². The molecular weight excluding hydrogens is 532 g/mol. The molecule has 2 amide bonds. The summed E-state index contributed by atoms with van der Waals surface area (Å²) in [5.74, 6) is 0.220. The molecule has 2 N–H and O–H groups in total. The Morgan fingerprint density at radius 2 is 1.65 bits per heavy atom. The number of rotatable bonds is 12. The fourth-order valence-corrected chi connectivity index (χ4v) is 5.16. The van der Waals surface area contributed by atoms with Crippen LogP contribution in [0.1, 0.15) is 16.9 Å². The van der Waals surface area contributed by atoms with E-state index in [1.165, 1.54) is 24.6 Å². The van der Waals surface area contributed by atoms with Crippen molar-refractivity contribution in [1.82, 2.24) is 10.7 Å². The number of sulfonamides is 1. The third kappa shape index (κ3) is 7.58. The zero-order valence-electron chi connectivity index (χ0n) is 21.7. The number of amides is 2. The van der Waals surface area contributed by atoms with Crippen LogP contribution in [0.2, 0.25) is 0 Å². The maximum Gasteiger partial charge on any atom is 0.264 e. The van der Waals surface area contributed by atoms with Gasteiger partial charge in [-0.05, 0) is 72.6 Å². The Balaban J connectivity index is 1.33. The zero-order valence-corrected chi connectivity index (χ0v) is 22.5. The number of benzene rings is 3. The molecule has 0 spiro atoms. The van der Waals surface area contributed by atoms with Gasteiger partial charge in [0.25, 0.3) is 21.8 Å². The van der Waals surface area contributed by atoms with Gasteiger partial charge < -0.3 is 14.5 Å². The SMILES string of the molecule is Cc1ccccc1N(CC(=O)N/N=C\c1ccc(OCC(=O)NCc2ccco2)cc1)S(=O)(=O)c1ccccc1. The van der Waals surface area contributed by atoms with Gasteiger partial charge in [0, 0.05) is 0 Å². The maximum absolute atomic E-state index is 13.4. The Morgan fingerprint density at radius 1 is 0.925 bits per heavy atom. The number of para-hydroxylation sites is 1. The molecule has 0 saturated heterocycles. The lowest BCUT2D eigenvalue weighted by atomic mass is 10.2. The van der Waals surface area contributed by atoms with E-state index in [2.05, 4.69) is 15.8 Å². The van der Waals surface area contributed by atoms with Crippen LogP contribution in [0.3, 0.4) is 0 Å². The van der Waals surface area contributed by atoms with E-state index in [-0.39, 0.29) is 24.0 Å². The van der Waals surface area contributed by atoms with Crippen LogP contribution in [0.4, 0.5) is 5.69 Å². The van der Waals surface area contributed by atoms with Gasteiger partial charge in [0.05, 0.1) is 29.6 Å². The molecule has 10 nitrogen and oxygen atoms in total. The molecular formula is C29H28N4O6S. The molecule has 0 aliphatic carbocycles. The summed E-state index contributed by atoms with van der Waals surface area (Å²) in [5, 5.41) is 6.65. The molecule has 1 heterocycles. The van der Waals surface area contributed by atoms with E-state index in [0.29, 0.717) is 28.3 Å². The average molecular weight is 561 g/mol. The highest BCUT2D eigenvalue weighted by Gasteiger charge is 2.28. The van der Waals surface area contributed by atoms with Crippen molar-refractivity contribution in [2.24, 2.45) is 5.10 Å². The number of furan rings is 1. The molecule has 40 heavy (non-hydrogen) atoms. The number of ether oxygens (including phenoxy) is 1. The highest BCUT2D eigenvalue weighted by Crippen LogP contribution is 2.26. The average Bonchev–Trinajstić information content (AvgIpc) is 3.49. The molecule has 0 bridgehead atoms. The number of hydrogen-bond donors (Lipinski definition) is 2. The Bertz CT molecular complexity index is 1550. The van der Waals surface area contributed by atoms with E-state index in [1.54, 1.807) is 85.8 Å². The smallest absolute Gasteiger partial charge is 0.264 e. The predicted molar refractivity (Wildman–Crippen MR) is 150 cm³/mol. The van der Waals surface area contributed by atoms with E-state index in [1.807, 2.05) is 0 Å². The second kappa shape index (κ2) is 13.3. The first kappa shape index (κ1) is 28.1. The lowest BCUT2D eigenvalue weighted by Crippen LogP contribution is -2.40. The Morgan fingerprint density at radius 3 is 2.35 bits per heavy atom. The van der Waals surface area contributed by atoms with Gasteiger partial charge in [-0.25, -0.2) is 13.8 Å². The summed E-state index contributed by atoms with van der Waals surface area (Å²) >= 11 is 0. The van der Waals surface area contributed by atoms with E-state index < -0.39 is 22.5 Å². The summed E-state index contributed by atoms with van der Waals surface area (Å²) in [6.07, 6.45) is 2.95. The molecule has 0 aliphatic rings. The van der Waals surface area contributed by atoms with E-state index in [9.17, 15) is 18.0 Å². The number of carbonyl (C=O) groups is 2. The van der Waals surface area contributed by atoms with Gasteiger partial charge in [0.2, 0.25) is 0 Å². The van der Waals surface area contributed by atoms with Crippen molar-refractivity contribution < 1.29 is 27.2 Å². The topological polar surface area (TPSA) is 130 Å². The minimum Gasteiger partial charge on any atom is -0.484 e. The first-order valence-electron chi connectivity index (χ1n) is 12.3. The van der Waals surface area contributed by atoms with Gasteiger partial charge in [0.1, 0.15) is 18.1 Å².